The summed E-state index contributed by atoms with van der Waals surface area (Å²) in [6, 6.07) is 4.25. The maximum Gasteiger partial charge on any atom is 0.272 e. The quantitative estimate of drug-likeness (QED) is 0.648. The highest BCUT2D eigenvalue weighted by Gasteiger charge is 2.45. The van der Waals surface area contributed by atoms with Gasteiger partial charge in [0.2, 0.25) is 0 Å². The average molecular weight is 432 g/mol. The molecule has 8 nitrogen and oxygen atoms in total. The van der Waals surface area contributed by atoms with Gasteiger partial charge in [0.25, 0.3) is 5.91 Å². The Kier molecular flexibility index (Phi) is 4.38. The van der Waals surface area contributed by atoms with E-state index < -0.39 is 0 Å². The van der Waals surface area contributed by atoms with Crippen LogP contribution in [0, 0.1) is 32.6 Å². The smallest absolute Gasteiger partial charge is 0.272 e. The van der Waals surface area contributed by atoms with Gasteiger partial charge >= 0.3 is 0 Å². The number of hydrogen-bond acceptors (Lipinski definition) is 5. The number of hydrogen-bond donors (Lipinski definition) is 2. The van der Waals surface area contributed by atoms with Crippen LogP contribution in [0.5, 0.6) is 0 Å². The molecule has 32 heavy (non-hydrogen) atoms. The monoisotopic (exact) mass is 431 g/mol. The summed E-state index contributed by atoms with van der Waals surface area (Å²) in [5.41, 5.74) is 5.92. The molecule has 3 atom stereocenters. The Morgan fingerprint density at radius 2 is 2.00 bits per heavy atom. The van der Waals surface area contributed by atoms with Gasteiger partial charge < -0.3 is 14.8 Å². The van der Waals surface area contributed by atoms with Crippen molar-refractivity contribution < 1.29 is 4.79 Å². The van der Waals surface area contributed by atoms with Crippen molar-refractivity contribution in [3.63, 3.8) is 0 Å². The molecule has 1 amide bonds. The Morgan fingerprint density at radius 1 is 1.19 bits per heavy atom. The number of rotatable bonds is 5. The minimum atomic E-state index is -0.150. The topological polar surface area (TPSA) is 91.7 Å². The summed E-state index contributed by atoms with van der Waals surface area (Å²) in [6.07, 6.45) is 5.07. The van der Waals surface area contributed by atoms with Crippen molar-refractivity contribution in [2.75, 3.05) is 18.0 Å². The summed E-state index contributed by atoms with van der Waals surface area (Å²) >= 11 is 0. The third-order valence-corrected chi connectivity index (χ3v) is 7.46. The molecule has 0 radical (unpaired) electrons. The van der Waals surface area contributed by atoms with Gasteiger partial charge in [0.05, 0.1) is 18.3 Å². The number of piperidine rings is 1. The molecule has 0 spiro atoms. The van der Waals surface area contributed by atoms with Crippen molar-refractivity contribution in [2.45, 2.75) is 52.6 Å². The summed E-state index contributed by atoms with van der Waals surface area (Å²) in [6.45, 7) is 8.99. The van der Waals surface area contributed by atoms with E-state index in [9.17, 15) is 4.79 Å². The van der Waals surface area contributed by atoms with Gasteiger partial charge in [-0.05, 0) is 69.1 Å². The Labute approximate surface area is 187 Å². The number of nitrogens with one attached hydrogen (secondary N) is 2. The molecule has 166 valence electrons. The summed E-state index contributed by atoms with van der Waals surface area (Å²) in [5.74, 6) is 3.54. The summed E-state index contributed by atoms with van der Waals surface area (Å²) in [5, 5.41) is 10.5. The molecule has 1 aliphatic heterocycles. The van der Waals surface area contributed by atoms with Crippen LogP contribution in [0.2, 0.25) is 0 Å². The Bertz CT molecular complexity index is 1200. The first kappa shape index (κ1) is 19.5. The molecule has 0 bridgehead atoms. The molecule has 3 aliphatic rings. The number of amides is 1. The van der Waals surface area contributed by atoms with Crippen LogP contribution in [0.3, 0.4) is 0 Å². The van der Waals surface area contributed by atoms with Crippen molar-refractivity contribution in [3.8, 4) is 0 Å². The number of fused-ring (bicyclic) bond motifs is 2. The molecule has 3 unspecified atom stereocenters. The molecule has 0 aromatic carbocycles. The van der Waals surface area contributed by atoms with Crippen LogP contribution in [0.1, 0.15) is 63.4 Å². The van der Waals surface area contributed by atoms with Gasteiger partial charge in [0.1, 0.15) is 17.3 Å². The van der Waals surface area contributed by atoms with E-state index in [1.165, 1.54) is 12.0 Å². The van der Waals surface area contributed by atoms with E-state index in [2.05, 4.69) is 44.5 Å². The number of carbonyl (C=O) groups is 1. The first-order valence-corrected chi connectivity index (χ1v) is 11.6. The zero-order chi connectivity index (χ0) is 22.0. The largest absolute Gasteiger partial charge is 0.356 e. The minimum Gasteiger partial charge on any atom is -0.356 e. The van der Waals surface area contributed by atoms with Crippen LogP contribution in [0.4, 0.5) is 5.82 Å². The first-order chi connectivity index (χ1) is 15.5. The standard InChI is InChI=1S/C24H29N7O/c1-13-16(4-7-22(25-13)31-10-17-8-18(17)11-31)9-30-12-21(26-15(30)3)24(32)27-20-6-5-19-14(2)28-29-23(19)20/h4,7,12,17-18,20H,5-6,8-11H2,1-3H3,(H,27,32)(H,28,29). The number of aromatic nitrogens is 5. The van der Waals surface area contributed by atoms with Gasteiger partial charge in [-0.3, -0.25) is 9.89 Å². The molecule has 1 saturated carbocycles. The highest BCUT2D eigenvalue weighted by Crippen LogP contribution is 2.46. The number of pyridine rings is 1. The number of H-pyrrole nitrogens is 1. The summed E-state index contributed by atoms with van der Waals surface area (Å²) < 4.78 is 2.03. The second-order valence-electron chi connectivity index (χ2n) is 9.65. The summed E-state index contributed by atoms with van der Waals surface area (Å²) in [4.78, 5) is 24.7. The number of carbonyl (C=O) groups excluding carboxylic acids is 1. The van der Waals surface area contributed by atoms with Crippen molar-refractivity contribution >= 4 is 11.7 Å². The third-order valence-electron chi connectivity index (χ3n) is 7.46. The van der Waals surface area contributed by atoms with Gasteiger partial charge in [-0.15, -0.1) is 0 Å². The average Bonchev–Trinajstić information content (AvgIpc) is 3.17. The van der Waals surface area contributed by atoms with Gasteiger partial charge in [-0.1, -0.05) is 6.07 Å². The van der Waals surface area contributed by atoms with Crippen molar-refractivity contribution in [1.29, 1.82) is 0 Å². The number of aryl methyl sites for hydroxylation is 3. The SMILES string of the molecule is Cc1nc(N2CC3CC3C2)ccc1Cn1cc(C(=O)NC2CCc3c2n[nH]c3C)nc1C. The normalized spacial score (nSPS) is 23.3. The fraction of sp³-hybridized carbons (Fsp3) is 0.500. The van der Waals surface area contributed by atoms with Crippen molar-refractivity contribution in [1.82, 2.24) is 30.0 Å². The van der Waals surface area contributed by atoms with Crippen LogP contribution in [0.15, 0.2) is 18.3 Å². The molecule has 4 heterocycles. The first-order valence-electron chi connectivity index (χ1n) is 11.6. The van der Waals surface area contributed by atoms with Gasteiger partial charge in [0, 0.05) is 30.7 Å². The molecule has 8 heteroatoms. The van der Waals surface area contributed by atoms with Crippen LogP contribution in [-0.2, 0) is 13.0 Å². The van der Waals surface area contributed by atoms with E-state index in [4.69, 9.17) is 4.98 Å². The molecular weight excluding hydrogens is 402 g/mol. The molecular formula is C24H29N7O. The number of nitrogens with zero attached hydrogens (tertiary/aromatic N) is 5. The Hall–Kier alpha value is -3.16. The Balaban J connectivity index is 1.15. The second-order valence-corrected chi connectivity index (χ2v) is 9.65. The van der Waals surface area contributed by atoms with Crippen LogP contribution in [0.25, 0.3) is 0 Å². The molecule has 1 saturated heterocycles. The van der Waals surface area contributed by atoms with E-state index in [0.29, 0.717) is 12.2 Å². The van der Waals surface area contributed by atoms with Crippen LogP contribution >= 0.6 is 0 Å². The zero-order valence-corrected chi connectivity index (χ0v) is 18.9. The maximum atomic E-state index is 12.9. The molecule has 6 rings (SSSR count). The molecule has 2 aliphatic carbocycles. The lowest BCUT2D eigenvalue weighted by molar-refractivity contribution is 0.0931. The molecule has 3 aromatic rings. The van der Waals surface area contributed by atoms with Gasteiger partial charge in [0.15, 0.2) is 0 Å². The predicted octanol–water partition coefficient (Wildman–Crippen LogP) is 2.85. The summed E-state index contributed by atoms with van der Waals surface area (Å²) in [7, 11) is 0. The van der Waals surface area contributed by atoms with Crippen LogP contribution in [-0.4, -0.2) is 43.7 Å². The second kappa shape index (κ2) is 7.18. The zero-order valence-electron chi connectivity index (χ0n) is 18.9. The van der Waals surface area contributed by atoms with Gasteiger partial charge in [-0.25, -0.2) is 9.97 Å². The van der Waals surface area contributed by atoms with E-state index in [0.717, 1.165) is 72.1 Å². The number of anilines is 1. The molecule has 3 aromatic heterocycles. The highest BCUT2D eigenvalue weighted by atomic mass is 16.2. The predicted molar refractivity (Wildman–Crippen MR) is 121 cm³/mol. The number of aromatic amines is 1. The van der Waals surface area contributed by atoms with E-state index in [-0.39, 0.29) is 11.9 Å². The van der Waals surface area contributed by atoms with E-state index >= 15 is 0 Å². The lowest BCUT2D eigenvalue weighted by Gasteiger charge is -2.20. The van der Waals surface area contributed by atoms with E-state index in [1.807, 2.05) is 24.6 Å². The van der Waals surface area contributed by atoms with Crippen molar-refractivity contribution in [2.24, 2.45) is 11.8 Å². The third kappa shape index (κ3) is 3.29. The molecule has 2 fully saturated rings. The molecule has 2 N–H and O–H groups in total. The van der Waals surface area contributed by atoms with E-state index in [1.54, 1.807) is 0 Å². The Morgan fingerprint density at radius 3 is 2.78 bits per heavy atom. The maximum absolute atomic E-state index is 12.9. The number of imidazole rings is 1. The lowest BCUT2D eigenvalue weighted by atomic mass is 10.2. The van der Waals surface area contributed by atoms with Gasteiger partial charge in [-0.2, -0.15) is 5.10 Å². The fourth-order valence-electron chi connectivity index (χ4n) is 5.34. The highest BCUT2D eigenvalue weighted by molar-refractivity contribution is 5.92. The van der Waals surface area contributed by atoms with Crippen LogP contribution < -0.4 is 10.2 Å². The van der Waals surface area contributed by atoms with Crippen molar-refractivity contribution in [3.05, 3.63) is 58.1 Å². The fourth-order valence-corrected chi connectivity index (χ4v) is 5.34. The minimum absolute atomic E-state index is 0.0523. The lowest BCUT2D eigenvalue weighted by Crippen LogP contribution is -2.27.